The molecule has 0 bridgehead atoms. The van der Waals surface area contributed by atoms with Gasteiger partial charge in [-0.1, -0.05) is 97.3 Å². The number of halogens is 4. The highest BCUT2D eigenvalue weighted by molar-refractivity contribution is 5.90. The van der Waals surface area contributed by atoms with Crippen LogP contribution in [0.1, 0.15) is 132 Å². The van der Waals surface area contributed by atoms with Crippen LogP contribution in [0, 0.1) is 5.82 Å². The van der Waals surface area contributed by atoms with E-state index in [2.05, 4.69) is 13.8 Å². The van der Waals surface area contributed by atoms with E-state index in [1.165, 1.54) is 25.7 Å². The van der Waals surface area contributed by atoms with Gasteiger partial charge in [0.2, 0.25) is 0 Å². The maximum absolute atomic E-state index is 15.1. The predicted octanol–water partition coefficient (Wildman–Crippen LogP) is 9.23. The summed E-state index contributed by atoms with van der Waals surface area (Å²) in [5, 5.41) is 10.1. The van der Waals surface area contributed by atoms with E-state index in [-0.39, 0.29) is 19.4 Å². The molecule has 1 unspecified atom stereocenters. The van der Waals surface area contributed by atoms with Gasteiger partial charge in [-0.15, -0.1) is 0 Å². The van der Waals surface area contributed by atoms with Gasteiger partial charge in [0, 0.05) is 5.56 Å². The molecule has 0 amide bonds. The minimum absolute atomic E-state index is 0.0872. The Kier molecular flexibility index (Phi) is 14.9. The number of ether oxygens (including phenoxy) is 1. The van der Waals surface area contributed by atoms with Crippen LogP contribution in [0.25, 0.3) is 0 Å². The number of hydrogen-bond donors (Lipinski definition) is 1. The Morgan fingerprint density at radius 2 is 1.35 bits per heavy atom. The standard InChI is InChI=1S/C27H42F4O3/c1-3-5-7-9-11-12-14-16-20-34-26(33)21-18-19-23(32)24(25(21)28)22(27(29,30)31)17-15-13-10-8-6-4-2/h18-19,22,32H,3-17,20H2,1-2H3. The Labute approximate surface area is 202 Å². The minimum Gasteiger partial charge on any atom is -0.508 e. The van der Waals surface area contributed by atoms with Crippen molar-refractivity contribution in [2.45, 2.75) is 122 Å². The van der Waals surface area contributed by atoms with E-state index < -0.39 is 40.8 Å². The number of rotatable bonds is 18. The first-order valence-electron chi connectivity index (χ1n) is 13.0. The van der Waals surface area contributed by atoms with Crippen molar-refractivity contribution >= 4 is 5.97 Å². The fraction of sp³-hybridized carbons (Fsp3) is 0.741. The van der Waals surface area contributed by atoms with Crippen molar-refractivity contribution in [3.63, 3.8) is 0 Å². The van der Waals surface area contributed by atoms with Crippen LogP contribution in [0.5, 0.6) is 5.75 Å². The molecule has 1 N–H and O–H groups in total. The lowest BCUT2D eigenvalue weighted by Crippen LogP contribution is -2.23. The average Bonchev–Trinajstić information content (AvgIpc) is 2.78. The van der Waals surface area contributed by atoms with E-state index in [1.807, 2.05) is 0 Å². The summed E-state index contributed by atoms with van der Waals surface area (Å²) < 4.78 is 61.4. The fourth-order valence-electron chi connectivity index (χ4n) is 4.15. The first kappa shape index (κ1) is 30.2. The van der Waals surface area contributed by atoms with Crippen LogP contribution < -0.4 is 0 Å². The normalized spacial score (nSPS) is 12.6. The highest BCUT2D eigenvalue weighted by Gasteiger charge is 2.43. The predicted molar refractivity (Wildman–Crippen MR) is 128 cm³/mol. The van der Waals surface area contributed by atoms with E-state index in [1.54, 1.807) is 0 Å². The van der Waals surface area contributed by atoms with Gasteiger partial charge in [-0.2, -0.15) is 13.2 Å². The summed E-state index contributed by atoms with van der Waals surface area (Å²) in [6.45, 7) is 4.30. The highest BCUT2D eigenvalue weighted by Crippen LogP contribution is 2.44. The van der Waals surface area contributed by atoms with Crippen LogP contribution in [0.2, 0.25) is 0 Å². The topological polar surface area (TPSA) is 46.5 Å². The van der Waals surface area contributed by atoms with Gasteiger partial charge in [0.15, 0.2) is 0 Å². The van der Waals surface area contributed by atoms with Crippen LogP contribution in [0.15, 0.2) is 12.1 Å². The zero-order chi connectivity index (χ0) is 25.4. The number of benzene rings is 1. The Hall–Kier alpha value is -1.79. The molecule has 3 nitrogen and oxygen atoms in total. The summed E-state index contributed by atoms with van der Waals surface area (Å²) in [5.41, 5.74) is -1.42. The molecule has 196 valence electrons. The summed E-state index contributed by atoms with van der Waals surface area (Å²) in [6, 6.07) is 1.94. The van der Waals surface area contributed by atoms with Crippen molar-refractivity contribution in [2.75, 3.05) is 6.61 Å². The number of phenolic OH excluding ortho intramolecular Hbond substituents is 1. The smallest absolute Gasteiger partial charge is 0.395 e. The van der Waals surface area contributed by atoms with Crippen LogP contribution in [0.4, 0.5) is 17.6 Å². The van der Waals surface area contributed by atoms with Gasteiger partial charge in [0.05, 0.1) is 18.1 Å². The number of carbonyl (C=O) groups excluding carboxylic acids is 1. The van der Waals surface area contributed by atoms with Crippen molar-refractivity contribution in [1.29, 1.82) is 0 Å². The zero-order valence-corrected chi connectivity index (χ0v) is 20.8. The lowest BCUT2D eigenvalue weighted by atomic mass is 9.89. The van der Waals surface area contributed by atoms with Gasteiger partial charge in [0.1, 0.15) is 11.6 Å². The monoisotopic (exact) mass is 490 g/mol. The zero-order valence-electron chi connectivity index (χ0n) is 20.8. The van der Waals surface area contributed by atoms with Crippen molar-refractivity contribution in [1.82, 2.24) is 0 Å². The maximum atomic E-state index is 15.1. The van der Waals surface area contributed by atoms with E-state index in [9.17, 15) is 23.1 Å². The quantitative estimate of drug-likeness (QED) is 0.127. The lowest BCUT2D eigenvalue weighted by Gasteiger charge is -2.23. The SMILES string of the molecule is CCCCCCCCCCOC(=O)c1ccc(O)c(C(CCCCCCCC)C(F)(F)F)c1F. The molecule has 0 saturated heterocycles. The summed E-state index contributed by atoms with van der Waals surface area (Å²) in [4.78, 5) is 12.3. The second-order valence-electron chi connectivity index (χ2n) is 9.12. The Morgan fingerprint density at radius 3 is 1.88 bits per heavy atom. The molecule has 1 atom stereocenters. The average molecular weight is 491 g/mol. The van der Waals surface area contributed by atoms with Gasteiger partial charge in [-0.25, -0.2) is 9.18 Å². The Bertz CT molecular complexity index is 704. The fourth-order valence-corrected chi connectivity index (χ4v) is 4.15. The van der Waals surface area contributed by atoms with Crippen molar-refractivity contribution < 1.29 is 32.2 Å². The third kappa shape index (κ3) is 11.1. The second kappa shape index (κ2) is 16.8. The van der Waals surface area contributed by atoms with Crippen LogP contribution in [0.3, 0.4) is 0 Å². The molecule has 0 radical (unpaired) electrons. The third-order valence-electron chi connectivity index (χ3n) is 6.20. The van der Waals surface area contributed by atoms with Crippen molar-refractivity contribution in [3.8, 4) is 5.75 Å². The molecule has 0 aromatic heterocycles. The molecule has 7 heteroatoms. The van der Waals surface area contributed by atoms with Gasteiger partial charge < -0.3 is 9.84 Å². The molecule has 0 saturated carbocycles. The maximum Gasteiger partial charge on any atom is 0.395 e. The molecule has 0 aliphatic carbocycles. The molecular weight excluding hydrogens is 448 g/mol. The first-order valence-corrected chi connectivity index (χ1v) is 13.0. The second-order valence-corrected chi connectivity index (χ2v) is 9.12. The third-order valence-corrected chi connectivity index (χ3v) is 6.20. The van der Waals surface area contributed by atoms with Crippen LogP contribution in [-0.4, -0.2) is 23.9 Å². The summed E-state index contributed by atoms with van der Waals surface area (Å²) in [5.74, 6) is -5.29. The largest absolute Gasteiger partial charge is 0.508 e. The molecule has 34 heavy (non-hydrogen) atoms. The number of esters is 1. The Balaban J connectivity index is 2.70. The van der Waals surface area contributed by atoms with Gasteiger partial charge >= 0.3 is 12.1 Å². The van der Waals surface area contributed by atoms with E-state index in [0.717, 1.165) is 57.1 Å². The molecule has 0 heterocycles. The van der Waals surface area contributed by atoms with Gasteiger partial charge in [-0.05, 0) is 25.0 Å². The van der Waals surface area contributed by atoms with E-state index in [4.69, 9.17) is 4.74 Å². The summed E-state index contributed by atoms with van der Waals surface area (Å²) in [6.07, 6.45) is 8.06. The van der Waals surface area contributed by atoms with Crippen molar-refractivity contribution in [2.24, 2.45) is 0 Å². The van der Waals surface area contributed by atoms with Gasteiger partial charge in [0.25, 0.3) is 0 Å². The highest BCUT2D eigenvalue weighted by atomic mass is 19.4. The van der Waals surface area contributed by atoms with Crippen molar-refractivity contribution in [3.05, 3.63) is 29.1 Å². The number of carbonyl (C=O) groups is 1. The number of aromatic hydroxyl groups is 1. The molecule has 1 rings (SSSR count). The molecule has 0 spiro atoms. The number of alkyl halides is 3. The van der Waals surface area contributed by atoms with E-state index >= 15 is 4.39 Å². The summed E-state index contributed by atoms with van der Waals surface area (Å²) >= 11 is 0. The van der Waals surface area contributed by atoms with E-state index in [0.29, 0.717) is 12.8 Å². The molecule has 0 aliphatic heterocycles. The number of hydrogen-bond acceptors (Lipinski definition) is 3. The molecule has 0 fully saturated rings. The van der Waals surface area contributed by atoms with Gasteiger partial charge in [-0.3, -0.25) is 0 Å². The lowest BCUT2D eigenvalue weighted by molar-refractivity contribution is -0.153. The minimum atomic E-state index is -4.73. The van der Waals surface area contributed by atoms with Crippen LogP contribution >= 0.6 is 0 Å². The molecule has 0 aliphatic rings. The summed E-state index contributed by atoms with van der Waals surface area (Å²) in [7, 11) is 0. The molecular formula is C27H42F4O3. The molecule has 1 aromatic rings. The first-order chi connectivity index (χ1) is 16.2. The number of unbranched alkanes of at least 4 members (excludes halogenated alkanes) is 12. The number of phenols is 1. The Morgan fingerprint density at radius 1 is 0.853 bits per heavy atom. The van der Waals surface area contributed by atoms with Crippen LogP contribution in [-0.2, 0) is 4.74 Å². The molecule has 1 aromatic carbocycles.